The van der Waals surface area contributed by atoms with Crippen LogP contribution in [0.4, 0.5) is 0 Å². The van der Waals surface area contributed by atoms with Gasteiger partial charge in [0.15, 0.2) is 0 Å². The Bertz CT molecular complexity index is 218. The van der Waals surface area contributed by atoms with Crippen LogP contribution in [0.2, 0.25) is 0 Å². The molecule has 1 unspecified atom stereocenters. The molecule has 2 fully saturated rings. The first-order chi connectivity index (χ1) is 6.68. The van der Waals surface area contributed by atoms with Gasteiger partial charge in [-0.05, 0) is 12.8 Å². The summed E-state index contributed by atoms with van der Waals surface area (Å²) in [7, 11) is 0. The van der Waals surface area contributed by atoms with Crippen molar-refractivity contribution in [1.82, 2.24) is 9.80 Å². The van der Waals surface area contributed by atoms with Crippen molar-refractivity contribution in [2.45, 2.75) is 26.0 Å². The lowest BCUT2D eigenvalue weighted by atomic mass is 10.2. The molecular formula is C10H19N2O2+. The first kappa shape index (κ1) is 9.93. The standard InChI is InChI=1S/C10H18N2O2/c1-8(13)11-4-6-12(7-5-11)10(14)9-2-3-9/h8-9,13H,2-7H2,1H3/p+1. The second-order valence-corrected chi connectivity index (χ2v) is 4.31. The molecule has 2 aliphatic rings. The van der Waals surface area contributed by atoms with Crippen LogP contribution >= 0.6 is 0 Å². The normalized spacial score (nSPS) is 26.3. The minimum atomic E-state index is -0.131. The zero-order chi connectivity index (χ0) is 10.1. The number of amides is 1. The van der Waals surface area contributed by atoms with E-state index < -0.39 is 0 Å². The van der Waals surface area contributed by atoms with Crippen LogP contribution in [0.5, 0.6) is 0 Å². The van der Waals surface area contributed by atoms with Gasteiger partial charge in [-0.15, -0.1) is 0 Å². The van der Waals surface area contributed by atoms with E-state index in [1.807, 2.05) is 11.8 Å². The van der Waals surface area contributed by atoms with E-state index in [9.17, 15) is 4.79 Å². The smallest absolute Gasteiger partial charge is 0.225 e. The minimum Gasteiger partial charge on any atom is -0.431 e. The van der Waals surface area contributed by atoms with Gasteiger partial charge in [-0.25, -0.2) is 4.90 Å². The lowest BCUT2D eigenvalue weighted by Gasteiger charge is -2.34. The molecule has 1 aliphatic carbocycles. The van der Waals surface area contributed by atoms with Crippen molar-refractivity contribution in [3.8, 4) is 0 Å². The van der Waals surface area contributed by atoms with E-state index in [0.717, 1.165) is 39.0 Å². The number of hydrogen-bond donors (Lipinski definition) is 0. The predicted octanol–water partition coefficient (Wildman–Crippen LogP) is -0.389. The number of carbonyl (C=O) groups is 1. The van der Waals surface area contributed by atoms with Crippen LogP contribution in [0.3, 0.4) is 0 Å². The van der Waals surface area contributed by atoms with Crippen molar-refractivity contribution in [2.75, 3.05) is 26.2 Å². The molecule has 4 nitrogen and oxygen atoms in total. The molecule has 1 atom stereocenters. The Labute approximate surface area is 84.5 Å². The molecule has 1 saturated carbocycles. The van der Waals surface area contributed by atoms with Crippen LogP contribution < -0.4 is 0 Å². The van der Waals surface area contributed by atoms with Crippen molar-refractivity contribution in [1.29, 1.82) is 0 Å². The summed E-state index contributed by atoms with van der Waals surface area (Å²) >= 11 is 0. The molecule has 0 aromatic heterocycles. The first-order valence-corrected chi connectivity index (χ1v) is 5.42. The van der Waals surface area contributed by atoms with Gasteiger partial charge in [-0.2, -0.15) is 0 Å². The SMILES string of the molecule is CC([OH2+])N1CCN(C(=O)C2CC2)CC1. The lowest BCUT2D eigenvalue weighted by Crippen LogP contribution is -2.51. The van der Waals surface area contributed by atoms with Gasteiger partial charge in [0.1, 0.15) is 0 Å². The number of nitrogens with zero attached hydrogens (tertiary/aromatic N) is 2. The topological polar surface area (TPSA) is 46.5 Å². The highest BCUT2D eigenvalue weighted by molar-refractivity contribution is 5.81. The third kappa shape index (κ3) is 2.07. The van der Waals surface area contributed by atoms with Crippen LogP contribution in [0.1, 0.15) is 19.8 Å². The van der Waals surface area contributed by atoms with Gasteiger partial charge in [0.25, 0.3) is 0 Å². The highest BCUT2D eigenvalue weighted by atomic mass is 16.3. The fourth-order valence-corrected chi connectivity index (χ4v) is 1.92. The zero-order valence-electron chi connectivity index (χ0n) is 8.70. The van der Waals surface area contributed by atoms with Gasteiger partial charge in [-0.1, -0.05) is 0 Å². The Balaban J connectivity index is 1.80. The number of rotatable bonds is 2. The van der Waals surface area contributed by atoms with Crippen molar-refractivity contribution in [3.05, 3.63) is 0 Å². The van der Waals surface area contributed by atoms with Crippen LogP contribution in [-0.2, 0) is 4.79 Å². The molecule has 4 heteroatoms. The Kier molecular flexibility index (Phi) is 2.74. The van der Waals surface area contributed by atoms with Gasteiger partial charge in [0.05, 0.1) is 0 Å². The Morgan fingerprint density at radius 3 is 2.29 bits per heavy atom. The molecule has 14 heavy (non-hydrogen) atoms. The lowest BCUT2D eigenvalue weighted by molar-refractivity contribution is -0.135. The Morgan fingerprint density at radius 1 is 1.29 bits per heavy atom. The predicted molar refractivity (Wildman–Crippen MR) is 54.0 cm³/mol. The largest absolute Gasteiger partial charge is 0.431 e. The maximum Gasteiger partial charge on any atom is 0.225 e. The van der Waals surface area contributed by atoms with Crippen molar-refractivity contribution in [3.63, 3.8) is 0 Å². The number of carbonyl (C=O) groups excluding carboxylic acids is 1. The third-order valence-corrected chi connectivity index (χ3v) is 3.10. The maximum atomic E-state index is 11.7. The van der Waals surface area contributed by atoms with Gasteiger partial charge >= 0.3 is 0 Å². The quantitative estimate of drug-likeness (QED) is 0.569. The summed E-state index contributed by atoms with van der Waals surface area (Å²) in [5.74, 6) is 0.692. The fourth-order valence-electron chi connectivity index (χ4n) is 1.92. The Morgan fingerprint density at radius 2 is 1.86 bits per heavy atom. The monoisotopic (exact) mass is 199 g/mol. The Hall–Kier alpha value is -0.610. The third-order valence-electron chi connectivity index (χ3n) is 3.10. The highest BCUT2D eigenvalue weighted by Crippen LogP contribution is 2.31. The molecule has 2 N–H and O–H groups in total. The number of hydrogen-bond acceptors (Lipinski definition) is 2. The van der Waals surface area contributed by atoms with Crippen LogP contribution in [0.15, 0.2) is 0 Å². The maximum absolute atomic E-state index is 11.7. The summed E-state index contributed by atoms with van der Waals surface area (Å²) in [6.07, 6.45) is 2.05. The molecule has 2 rings (SSSR count). The van der Waals surface area contributed by atoms with Gasteiger partial charge in [-0.3, -0.25) is 4.79 Å². The number of piperazine rings is 1. The van der Waals surface area contributed by atoms with E-state index in [4.69, 9.17) is 5.11 Å². The molecule has 1 aliphatic heterocycles. The zero-order valence-corrected chi connectivity index (χ0v) is 8.70. The first-order valence-electron chi connectivity index (χ1n) is 5.42. The van der Waals surface area contributed by atoms with E-state index in [0.29, 0.717) is 11.8 Å². The molecule has 0 aromatic rings. The van der Waals surface area contributed by atoms with E-state index in [1.54, 1.807) is 0 Å². The summed E-state index contributed by atoms with van der Waals surface area (Å²) in [5, 5.41) is 7.56. The van der Waals surface area contributed by atoms with Gasteiger partial charge in [0.2, 0.25) is 12.1 Å². The minimum absolute atomic E-state index is 0.131. The van der Waals surface area contributed by atoms with E-state index in [1.165, 1.54) is 0 Å². The molecule has 1 saturated heterocycles. The fraction of sp³-hybridized carbons (Fsp3) is 0.900. The average molecular weight is 199 g/mol. The molecule has 1 amide bonds. The summed E-state index contributed by atoms with van der Waals surface area (Å²) in [5.41, 5.74) is 0. The molecule has 0 bridgehead atoms. The van der Waals surface area contributed by atoms with Gasteiger partial charge in [0, 0.05) is 39.0 Å². The van der Waals surface area contributed by atoms with E-state index in [2.05, 4.69) is 4.90 Å². The van der Waals surface area contributed by atoms with Gasteiger partial charge < -0.3 is 10.0 Å². The van der Waals surface area contributed by atoms with E-state index in [-0.39, 0.29) is 6.23 Å². The second-order valence-electron chi connectivity index (χ2n) is 4.31. The van der Waals surface area contributed by atoms with E-state index >= 15 is 0 Å². The summed E-state index contributed by atoms with van der Waals surface area (Å²) in [6, 6.07) is 0. The molecule has 1 heterocycles. The summed E-state index contributed by atoms with van der Waals surface area (Å²) in [6.45, 7) is 5.25. The highest BCUT2D eigenvalue weighted by Gasteiger charge is 2.35. The van der Waals surface area contributed by atoms with Crippen molar-refractivity contribution >= 4 is 5.91 Å². The van der Waals surface area contributed by atoms with Crippen LogP contribution in [-0.4, -0.2) is 53.2 Å². The summed E-state index contributed by atoms with van der Waals surface area (Å²) < 4.78 is 0. The molecule has 0 aromatic carbocycles. The average Bonchev–Trinajstić information content (AvgIpc) is 3.00. The molecule has 80 valence electrons. The van der Waals surface area contributed by atoms with Crippen LogP contribution in [0.25, 0.3) is 0 Å². The summed E-state index contributed by atoms with van der Waals surface area (Å²) in [4.78, 5) is 15.8. The van der Waals surface area contributed by atoms with Crippen molar-refractivity contribution < 1.29 is 9.90 Å². The molecule has 0 spiro atoms. The molecular weight excluding hydrogens is 180 g/mol. The van der Waals surface area contributed by atoms with Crippen molar-refractivity contribution in [2.24, 2.45) is 5.92 Å². The second kappa shape index (κ2) is 3.87. The molecule has 0 radical (unpaired) electrons. The van der Waals surface area contributed by atoms with Crippen LogP contribution in [0, 0.1) is 5.92 Å².